The second kappa shape index (κ2) is 6.02. The van der Waals surface area contributed by atoms with E-state index in [1.54, 1.807) is 0 Å². The van der Waals surface area contributed by atoms with Crippen molar-refractivity contribution in [3.05, 3.63) is 46.8 Å². The lowest BCUT2D eigenvalue weighted by Crippen LogP contribution is -2.11. The number of aryl methyl sites for hydroxylation is 1. The Morgan fingerprint density at radius 2 is 1.79 bits per heavy atom. The van der Waals surface area contributed by atoms with Crippen LogP contribution in [-0.2, 0) is 13.0 Å². The number of hydrogen-bond donors (Lipinski definition) is 1. The van der Waals surface area contributed by atoms with Crippen molar-refractivity contribution in [2.45, 2.75) is 40.7 Å². The van der Waals surface area contributed by atoms with Crippen LogP contribution in [0.15, 0.2) is 24.3 Å². The zero-order chi connectivity index (χ0) is 13.8. The predicted molar refractivity (Wildman–Crippen MR) is 79.8 cm³/mol. The molecule has 0 aliphatic carbocycles. The molecule has 1 heterocycles. The van der Waals surface area contributed by atoms with Crippen molar-refractivity contribution in [2.24, 2.45) is 0 Å². The van der Waals surface area contributed by atoms with Gasteiger partial charge in [-0.2, -0.15) is 5.10 Å². The molecule has 0 saturated heterocycles. The molecular formula is C16H23N3. The second-order valence-electron chi connectivity index (χ2n) is 4.86. The van der Waals surface area contributed by atoms with Gasteiger partial charge >= 0.3 is 0 Å². The van der Waals surface area contributed by atoms with Crippen LogP contribution in [-0.4, -0.2) is 16.3 Å². The topological polar surface area (TPSA) is 29.9 Å². The normalized spacial score (nSPS) is 10.9. The Labute approximate surface area is 115 Å². The van der Waals surface area contributed by atoms with Crippen molar-refractivity contribution in [1.82, 2.24) is 15.1 Å². The van der Waals surface area contributed by atoms with Gasteiger partial charge in [0.05, 0.1) is 11.4 Å². The Balaban J connectivity index is 2.27. The highest BCUT2D eigenvalue weighted by molar-refractivity contribution is 5.38. The predicted octanol–water partition coefficient (Wildman–Crippen LogP) is 3.16. The molecule has 0 unspecified atom stereocenters. The maximum absolute atomic E-state index is 4.64. The molecule has 1 aromatic heterocycles. The van der Waals surface area contributed by atoms with E-state index in [1.807, 2.05) is 4.68 Å². The van der Waals surface area contributed by atoms with Crippen molar-refractivity contribution >= 4 is 0 Å². The summed E-state index contributed by atoms with van der Waals surface area (Å²) in [5, 5.41) is 7.98. The van der Waals surface area contributed by atoms with Gasteiger partial charge in [-0.3, -0.25) is 0 Å². The highest BCUT2D eigenvalue weighted by Crippen LogP contribution is 2.18. The lowest BCUT2D eigenvalue weighted by atomic mass is 10.1. The molecular weight excluding hydrogens is 234 g/mol. The summed E-state index contributed by atoms with van der Waals surface area (Å²) in [6.07, 6.45) is 1.04. The zero-order valence-corrected chi connectivity index (χ0v) is 12.3. The molecule has 3 heteroatoms. The van der Waals surface area contributed by atoms with E-state index in [4.69, 9.17) is 0 Å². The van der Waals surface area contributed by atoms with E-state index < -0.39 is 0 Å². The number of aromatic nitrogens is 2. The molecule has 2 rings (SSSR count). The largest absolute Gasteiger partial charge is 0.313 e. The van der Waals surface area contributed by atoms with E-state index in [0.717, 1.165) is 30.9 Å². The van der Waals surface area contributed by atoms with Gasteiger partial charge in [0.25, 0.3) is 0 Å². The maximum atomic E-state index is 4.64. The second-order valence-corrected chi connectivity index (χ2v) is 4.86. The molecule has 1 aromatic carbocycles. The van der Waals surface area contributed by atoms with Crippen LogP contribution in [0, 0.1) is 13.8 Å². The number of nitrogens with one attached hydrogen (secondary N) is 1. The van der Waals surface area contributed by atoms with Gasteiger partial charge in [-0.25, -0.2) is 4.68 Å². The van der Waals surface area contributed by atoms with Crippen LogP contribution < -0.4 is 5.32 Å². The fraction of sp³-hybridized carbons (Fsp3) is 0.438. The average molecular weight is 257 g/mol. The van der Waals surface area contributed by atoms with E-state index in [0.29, 0.717) is 0 Å². The summed E-state index contributed by atoms with van der Waals surface area (Å²) >= 11 is 0. The Hall–Kier alpha value is -1.61. The molecule has 102 valence electrons. The first-order valence-corrected chi connectivity index (χ1v) is 7.02. The van der Waals surface area contributed by atoms with Gasteiger partial charge < -0.3 is 5.32 Å². The van der Waals surface area contributed by atoms with Crippen LogP contribution in [0.2, 0.25) is 0 Å². The fourth-order valence-corrected chi connectivity index (χ4v) is 2.46. The monoisotopic (exact) mass is 257 g/mol. The minimum Gasteiger partial charge on any atom is -0.313 e. The quantitative estimate of drug-likeness (QED) is 0.891. The first-order chi connectivity index (χ1) is 9.17. The molecule has 19 heavy (non-hydrogen) atoms. The Morgan fingerprint density at radius 3 is 2.32 bits per heavy atom. The maximum Gasteiger partial charge on any atom is 0.0649 e. The smallest absolute Gasteiger partial charge is 0.0649 e. The summed E-state index contributed by atoms with van der Waals surface area (Å²) < 4.78 is 2.05. The van der Waals surface area contributed by atoms with Crippen LogP contribution >= 0.6 is 0 Å². The van der Waals surface area contributed by atoms with E-state index in [2.05, 4.69) is 62.4 Å². The minimum atomic E-state index is 0.925. The highest BCUT2D eigenvalue weighted by atomic mass is 15.3. The third-order valence-electron chi connectivity index (χ3n) is 3.55. The molecule has 1 N–H and O–H groups in total. The number of nitrogens with zero attached hydrogens (tertiary/aromatic N) is 2. The van der Waals surface area contributed by atoms with E-state index >= 15 is 0 Å². The highest BCUT2D eigenvalue weighted by Gasteiger charge is 2.10. The summed E-state index contributed by atoms with van der Waals surface area (Å²) in [5.41, 5.74) is 6.19. The van der Waals surface area contributed by atoms with Crippen LogP contribution in [0.3, 0.4) is 0 Å². The number of benzene rings is 1. The summed E-state index contributed by atoms with van der Waals surface area (Å²) in [6.45, 7) is 10.5. The summed E-state index contributed by atoms with van der Waals surface area (Å²) in [5.74, 6) is 0. The van der Waals surface area contributed by atoms with Gasteiger partial charge in [-0.1, -0.05) is 26.0 Å². The molecule has 0 atom stereocenters. The zero-order valence-electron chi connectivity index (χ0n) is 12.3. The van der Waals surface area contributed by atoms with E-state index in [9.17, 15) is 0 Å². The minimum absolute atomic E-state index is 0.925. The lowest BCUT2D eigenvalue weighted by Gasteiger charge is -2.07. The molecule has 0 spiro atoms. The van der Waals surface area contributed by atoms with Crippen LogP contribution in [0.25, 0.3) is 5.69 Å². The Kier molecular flexibility index (Phi) is 4.38. The van der Waals surface area contributed by atoms with E-state index in [-0.39, 0.29) is 0 Å². The first-order valence-electron chi connectivity index (χ1n) is 7.02. The van der Waals surface area contributed by atoms with E-state index in [1.165, 1.54) is 16.8 Å². The molecule has 3 nitrogen and oxygen atoms in total. The molecule has 0 aliphatic heterocycles. The van der Waals surface area contributed by atoms with Crippen molar-refractivity contribution < 1.29 is 0 Å². The van der Waals surface area contributed by atoms with Gasteiger partial charge in [0.1, 0.15) is 0 Å². The Morgan fingerprint density at radius 1 is 1.11 bits per heavy atom. The Bertz CT molecular complexity index is 538. The van der Waals surface area contributed by atoms with Gasteiger partial charge in [-0.05, 0) is 50.1 Å². The first kappa shape index (κ1) is 13.8. The lowest BCUT2D eigenvalue weighted by molar-refractivity contribution is 0.726. The third kappa shape index (κ3) is 2.87. The average Bonchev–Trinajstić information content (AvgIpc) is 2.72. The van der Waals surface area contributed by atoms with Crippen molar-refractivity contribution in [3.8, 4) is 5.69 Å². The molecule has 2 aromatic rings. The van der Waals surface area contributed by atoms with Gasteiger partial charge in [0.2, 0.25) is 0 Å². The molecule has 0 saturated carbocycles. The van der Waals surface area contributed by atoms with Crippen molar-refractivity contribution in [1.29, 1.82) is 0 Å². The van der Waals surface area contributed by atoms with Crippen molar-refractivity contribution in [3.63, 3.8) is 0 Å². The molecule has 0 aliphatic rings. The molecule has 0 amide bonds. The van der Waals surface area contributed by atoms with Gasteiger partial charge in [0.15, 0.2) is 0 Å². The molecule has 0 fully saturated rings. The summed E-state index contributed by atoms with van der Waals surface area (Å²) in [7, 11) is 0. The molecule has 0 radical (unpaired) electrons. The summed E-state index contributed by atoms with van der Waals surface area (Å²) in [4.78, 5) is 0. The van der Waals surface area contributed by atoms with Crippen LogP contribution in [0.1, 0.15) is 36.4 Å². The SMILES string of the molecule is CCNCc1ccc(-n2nc(C)c(CC)c2C)cc1. The molecule has 0 bridgehead atoms. The fourth-order valence-electron chi connectivity index (χ4n) is 2.46. The van der Waals surface area contributed by atoms with Crippen LogP contribution in [0.5, 0.6) is 0 Å². The van der Waals surface area contributed by atoms with Gasteiger partial charge in [-0.15, -0.1) is 0 Å². The number of rotatable bonds is 5. The third-order valence-corrected chi connectivity index (χ3v) is 3.55. The van der Waals surface area contributed by atoms with Crippen LogP contribution in [0.4, 0.5) is 0 Å². The summed E-state index contributed by atoms with van der Waals surface area (Å²) in [6, 6.07) is 8.62. The standard InChI is InChI=1S/C16H23N3/c1-5-16-12(3)18-19(13(16)4)15-9-7-14(8-10-15)11-17-6-2/h7-10,17H,5-6,11H2,1-4H3. The van der Waals surface area contributed by atoms with Crippen molar-refractivity contribution in [2.75, 3.05) is 6.54 Å². The van der Waals surface area contributed by atoms with Gasteiger partial charge in [0, 0.05) is 12.2 Å². The number of hydrogen-bond acceptors (Lipinski definition) is 2.